The molecular weight excluding hydrogens is 200 g/mol. The van der Waals surface area contributed by atoms with Gasteiger partial charge in [0.1, 0.15) is 0 Å². The van der Waals surface area contributed by atoms with Crippen LogP contribution in [0, 0.1) is 5.92 Å². The normalized spacial score (nSPS) is 27.0. The lowest BCUT2D eigenvalue weighted by atomic mass is 9.84. The Morgan fingerprint density at radius 2 is 2.14 bits per heavy atom. The number of hydrogen-bond acceptors (Lipinski definition) is 2. The molecule has 4 heteroatoms. The zero-order valence-electron chi connectivity index (χ0n) is 8.26. The van der Waals surface area contributed by atoms with Crippen LogP contribution in [0.25, 0.3) is 0 Å². The first kappa shape index (κ1) is 11.5. The summed E-state index contributed by atoms with van der Waals surface area (Å²) in [5, 5.41) is 3.18. The van der Waals surface area contributed by atoms with Gasteiger partial charge in [-0.25, -0.2) is 0 Å². The standard InChI is InChI=1S/C10H17ClN2O/c1-7(11)6-13-10(14)8-4-2-3-5-9(8)12/h8-9H,1-6,12H2,(H,13,14). The van der Waals surface area contributed by atoms with Crippen molar-refractivity contribution in [3.05, 3.63) is 11.6 Å². The molecule has 0 aromatic rings. The zero-order chi connectivity index (χ0) is 10.6. The first-order valence-electron chi connectivity index (χ1n) is 4.98. The Balaban J connectivity index is 2.38. The fourth-order valence-corrected chi connectivity index (χ4v) is 1.87. The van der Waals surface area contributed by atoms with Crippen LogP contribution in [0.15, 0.2) is 11.6 Å². The van der Waals surface area contributed by atoms with Gasteiger partial charge in [0.2, 0.25) is 5.91 Å². The molecule has 0 aromatic heterocycles. The summed E-state index contributed by atoms with van der Waals surface area (Å²) in [6.07, 6.45) is 4.06. The summed E-state index contributed by atoms with van der Waals surface area (Å²) in [6.45, 7) is 3.85. The van der Waals surface area contributed by atoms with Gasteiger partial charge >= 0.3 is 0 Å². The molecule has 1 fully saturated rings. The van der Waals surface area contributed by atoms with Crippen molar-refractivity contribution < 1.29 is 4.79 Å². The number of amides is 1. The van der Waals surface area contributed by atoms with Crippen molar-refractivity contribution in [1.82, 2.24) is 5.32 Å². The summed E-state index contributed by atoms with van der Waals surface area (Å²) >= 11 is 5.56. The summed E-state index contributed by atoms with van der Waals surface area (Å²) < 4.78 is 0. The molecule has 14 heavy (non-hydrogen) atoms. The molecule has 0 aliphatic heterocycles. The van der Waals surface area contributed by atoms with Crippen molar-refractivity contribution in [2.75, 3.05) is 6.54 Å². The van der Waals surface area contributed by atoms with Gasteiger partial charge in [-0.3, -0.25) is 4.79 Å². The van der Waals surface area contributed by atoms with Crippen LogP contribution in [0.4, 0.5) is 0 Å². The number of carbonyl (C=O) groups excluding carboxylic acids is 1. The Morgan fingerprint density at radius 1 is 1.50 bits per heavy atom. The second-order valence-corrected chi connectivity index (χ2v) is 4.32. The van der Waals surface area contributed by atoms with Crippen LogP contribution >= 0.6 is 11.6 Å². The maximum atomic E-state index is 11.6. The van der Waals surface area contributed by atoms with E-state index in [1.54, 1.807) is 0 Å². The van der Waals surface area contributed by atoms with Crippen LogP contribution in [0.1, 0.15) is 25.7 Å². The highest BCUT2D eigenvalue weighted by molar-refractivity contribution is 6.29. The van der Waals surface area contributed by atoms with Crippen molar-refractivity contribution in [3.63, 3.8) is 0 Å². The highest BCUT2D eigenvalue weighted by Crippen LogP contribution is 2.22. The Kier molecular flexibility index (Phi) is 4.42. The van der Waals surface area contributed by atoms with Crippen LogP contribution in [0.5, 0.6) is 0 Å². The minimum Gasteiger partial charge on any atom is -0.351 e. The van der Waals surface area contributed by atoms with Gasteiger partial charge in [-0.15, -0.1) is 0 Å². The van der Waals surface area contributed by atoms with E-state index >= 15 is 0 Å². The van der Waals surface area contributed by atoms with E-state index in [1.807, 2.05) is 0 Å². The molecule has 0 heterocycles. The predicted octanol–water partition coefficient (Wildman–Crippen LogP) is 1.37. The van der Waals surface area contributed by atoms with Crippen molar-refractivity contribution in [1.29, 1.82) is 0 Å². The first-order valence-corrected chi connectivity index (χ1v) is 5.35. The Bertz CT molecular complexity index is 230. The van der Waals surface area contributed by atoms with Crippen LogP contribution in [-0.2, 0) is 4.79 Å². The van der Waals surface area contributed by atoms with E-state index in [2.05, 4.69) is 11.9 Å². The lowest BCUT2D eigenvalue weighted by molar-refractivity contribution is -0.126. The van der Waals surface area contributed by atoms with Crippen molar-refractivity contribution in [2.45, 2.75) is 31.7 Å². The minimum absolute atomic E-state index is 0.00680. The number of hydrogen-bond donors (Lipinski definition) is 2. The average molecular weight is 217 g/mol. The number of nitrogens with one attached hydrogen (secondary N) is 1. The quantitative estimate of drug-likeness (QED) is 0.749. The Morgan fingerprint density at radius 3 is 2.71 bits per heavy atom. The van der Waals surface area contributed by atoms with Gasteiger partial charge in [0, 0.05) is 11.1 Å². The molecule has 0 bridgehead atoms. The van der Waals surface area contributed by atoms with Gasteiger partial charge in [-0.2, -0.15) is 0 Å². The summed E-state index contributed by atoms with van der Waals surface area (Å²) in [5.74, 6) is -0.0289. The van der Waals surface area contributed by atoms with E-state index in [0.717, 1.165) is 25.7 Å². The van der Waals surface area contributed by atoms with Crippen LogP contribution in [0.3, 0.4) is 0 Å². The lowest BCUT2D eigenvalue weighted by Gasteiger charge is -2.27. The summed E-state index contributed by atoms with van der Waals surface area (Å²) in [5.41, 5.74) is 5.87. The molecule has 1 aliphatic rings. The van der Waals surface area contributed by atoms with E-state index in [1.165, 1.54) is 0 Å². The first-order chi connectivity index (χ1) is 6.61. The van der Waals surface area contributed by atoms with E-state index in [0.29, 0.717) is 11.6 Å². The van der Waals surface area contributed by atoms with Gasteiger partial charge in [0.15, 0.2) is 0 Å². The fraction of sp³-hybridized carbons (Fsp3) is 0.700. The SMILES string of the molecule is C=C(Cl)CNC(=O)C1CCCCC1N. The molecule has 0 radical (unpaired) electrons. The highest BCUT2D eigenvalue weighted by atomic mass is 35.5. The van der Waals surface area contributed by atoms with Crippen LogP contribution in [0.2, 0.25) is 0 Å². The predicted molar refractivity (Wildman–Crippen MR) is 57.9 cm³/mol. The van der Waals surface area contributed by atoms with Crippen LogP contribution < -0.4 is 11.1 Å². The summed E-state index contributed by atoms with van der Waals surface area (Å²) in [7, 11) is 0. The van der Waals surface area contributed by atoms with Crippen molar-refractivity contribution >= 4 is 17.5 Å². The highest BCUT2D eigenvalue weighted by Gasteiger charge is 2.27. The topological polar surface area (TPSA) is 55.1 Å². The fourth-order valence-electron chi connectivity index (χ4n) is 1.80. The van der Waals surface area contributed by atoms with Gasteiger partial charge in [-0.05, 0) is 12.8 Å². The number of carbonyl (C=O) groups is 1. The Hall–Kier alpha value is -0.540. The van der Waals surface area contributed by atoms with Gasteiger partial charge in [-0.1, -0.05) is 31.0 Å². The molecule has 1 rings (SSSR count). The number of nitrogens with two attached hydrogens (primary N) is 1. The number of halogens is 1. The second-order valence-electron chi connectivity index (χ2n) is 3.79. The molecular formula is C10H17ClN2O. The largest absolute Gasteiger partial charge is 0.351 e. The lowest BCUT2D eigenvalue weighted by Crippen LogP contribution is -2.43. The van der Waals surface area contributed by atoms with Gasteiger partial charge in [0.05, 0.1) is 12.5 Å². The van der Waals surface area contributed by atoms with E-state index in [-0.39, 0.29) is 17.9 Å². The maximum Gasteiger partial charge on any atom is 0.224 e. The molecule has 3 N–H and O–H groups in total. The van der Waals surface area contributed by atoms with Crippen LogP contribution in [-0.4, -0.2) is 18.5 Å². The molecule has 1 aliphatic carbocycles. The molecule has 0 aromatic carbocycles. The summed E-state index contributed by atoms with van der Waals surface area (Å²) in [6, 6.07) is 0.00680. The number of rotatable bonds is 3. The molecule has 80 valence electrons. The molecule has 1 amide bonds. The Labute approximate surface area is 89.7 Å². The maximum absolute atomic E-state index is 11.6. The van der Waals surface area contributed by atoms with Crippen molar-refractivity contribution in [3.8, 4) is 0 Å². The minimum atomic E-state index is -0.0419. The molecule has 0 spiro atoms. The second kappa shape index (κ2) is 5.37. The molecule has 0 saturated heterocycles. The third-order valence-electron chi connectivity index (χ3n) is 2.61. The van der Waals surface area contributed by atoms with E-state index < -0.39 is 0 Å². The third-order valence-corrected chi connectivity index (χ3v) is 2.74. The summed E-state index contributed by atoms with van der Waals surface area (Å²) in [4.78, 5) is 11.6. The average Bonchev–Trinajstić information content (AvgIpc) is 2.15. The molecule has 3 nitrogen and oxygen atoms in total. The zero-order valence-corrected chi connectivity index (χ0v) is 9.02. The van der Waals surface area contributed by atoms with Gasteiger partial charge in [0.25, 0.3) is 0 Å². The smallest absolute Gasteiger partial charge is 0.224 e. The molecule has 2 unspecified atom stereocenters. The van der Waals surface area contributed by atoms with E-state index in [4.69, 9.17) is 17.3 Å². The monoisotopic (exact) mass is 216 g/mol. The third kappa shape index (κ3) is 3.31. The van der Waals surface area contributed by atoms with Gasteiger partial charge < -0.3 is 11.1 Å². The van der Waals surface area contributed by atoms with E-state index in [9.17, 15) is 4.79 Å². The molecule has 1 saturated carbocycles. The molecule has 2 atom stereocenters. The van der Waals surface area contributed by atoms with Crippen molar-refractivity contribution in [2.24, 2.45) is 11.7 Å².